The quantitative estimate of drug-likeness (QED) is 0.797. The summed E-state index contributed by atoms with van der Waals surface area (Å²) in [6.45, 7) is 3.87. The monoisotopic (exact) mass is 346 g/mol. The lowest BCUT2D eigenvalue weighted by Gasteiger charge is -2.24. The average Bonchev–Trinajstić information content (AvgIpc) is 3.34. The molecule has 3 rings (SSSR count). The summed E-state index contributed by atoms with van der Waals surface area (Å²) in [6.07, 6.45) is 5.15. The Labute approximate surface area is 150 Å². The molecule has 25 heavy (non-hydrogen) atoms. The number of rotatable bonds is 7. The Morgan fingerprint density at radius 1 is 1.32 bits per heavy atom. The fourth-order valence-corrected chi connectivity index (χ4v) is 3.41. The molecule has 1 aromatic carbocycles. The van der Waals surface area contributed by atoms with Crippen LogP contribution in [-0.4, -0.2) is 42.3 Å². The molecule has 2 aliphatic rings. The molecule has 2 atom stereocenters. The van der Waals surface area contributed by atoms with E-state index in [4.69, 9.17) is 4.74 Å². The van der Waals surface area contributed by atoms with Crippen LogP contribution >= 0.6 is 0 Å². The second-order valence-electron chi connectivity index (χ2n) is 7.66. The molecule has 0 radical (unpaired) electrons. The Hall–Kier alpha value is -1.75. The smallest absolute Gasteiger partial charge is 0.317 e. The first-order valence-corrected chi connectivity index (χ1v) is 9.42. The van der Waals surface area contributed by atoms with Crippen molar-refractivity contribution in [3.8, 4) is 5.75 Å². The zero-order chi connectivity index (χ0) is 17.8. The number of benzene rings is 1. The number of aryl methyl sites for hydroxylation is 1. The summed E-state index contributed by atoms with van der Waals surface area (Å²) in [7, 11) is 1.79. The van der Waals surface area contributed by atoms with E-state index in [1.54, 1.807) is 11.9 Å². The molecule has 138 valence electrons. The van der Waals surface area contributed by atoms with Crippen molar-refractivity contribution in [2.24, 2.45) is 11.8 Å². The predicted octanol–water partition coefficient (Wildman–Crippen LogP) is 3.09. The maximum absolute atomic E-state index is 12.4. The van der Waals surface area contributed by atoms with E-state index in [1.165, 1.54) is 12.8 Å². The largest absolute Gasteiger partial charge is 0.493 e. The lowest BCUT2D eigenvalue weighted by Crippen LogP contribution is -2.40. The molecule has 5 heteroatoms. The third-order valence-electron chi connectivity index (χ3n) is 5.30. The summed E-state index contributed by atoms with van der Waals surface area (Å²) < 4.78 is 5.96. The van der Waals surface area contributed by atoms with Crippen molar-refractivity contribution in [2.75, 3.05) is 20.2 Å². The molecule has 0 spiro atoms. The van der Waals surface area contributed by atoms with E-state index in [0.717, 1.165) is 42.7 Å². The summed E-state index contributed by atoms with van der Waals surface area (Å²) in [5.74, 6) is 1.78. The number of carbonyl (C=O) groups excluding carboxylic acids is 1. The first kappa shape index (κ1) is 18.1. The van der Waals surface area contributed by atoms with Crippen molar-refractivity contribution in [1.29, 1.82) is 0 Å². The normalized spacial score (nSPS) is 22.7. The Morgan fingerprint density at radius 3 is 2.80 bits per heavy atom. The highest BCUT2D eigenvalue weighted by Gasteiger charge is 2.27. The maximum atomic E-state index is 12.4. The van der Waals surface area contributed by atoms with E-state index in [2.05, 4.69) is 5.32 Å². The van der Waals surface area contributed by atoms with Crippen LogP contribution < -0.4 is 10.1 Å². The van der Waals surface area contributed by atoms with Crippen molar-refractivity contribution in [1.82, 2.24) is 10.2 Å². The van der Waals surface area contributed by atoms with E-state index < -0.39 is 0 Å². The van der Waals surface area contributed by atoms with E-state index in [1.807, 2.05) is 25.1 Å². The maximum Gasteiger partial charge on any atom is 0.317 e. The molecule has 2 aliphatic carbocycles. The van der Waals surface area contributed by atoms with Gasteiger partial charge in [0.25, 0.3) is 0 Å². The van der Waals surface area contributed by atoms with Gasteiger partial charge in [0.15, 0.2) is 0 Å². The van der Waals surface area contributed by atoms with Gasteiger partial charge in [-0.1, -0.05) is 18.6 Å². The number of nitrogens with zero attached hydrogens (tertiary/aromatic N) is 1. The third-order valence-corrected chi connectivity index (χ3v) is 5.30. The van der Waals surface area contributed by atoms with Crippen molar-refractivity contribution in [3.63, 3.8) is 0 Å². The number of urea groups is 1. The lowest BCUT2D eigenvalue weighted by molar-refractivity contribution is 0.114. The van der Waals surface area contributed by atoms with Crippen LogP contribution in [0.15, 0.2) is 18.2 Å². The molecule has 0 saturated heterocycles. The van der Waals surface area contributed by atoms with E-state index in [9.17, 15) is 9.90 Å². The number of hydrogen-bond acceptors (Lipinski definition) is 3. The SMILES string of the molecule is Cc1ccc(CNC(=O)N(C)CC2CCCC2O)c(OCC2CC2)c1. The van der Waals surface area contributed by atoms with Gasteiger partial charge in [-0.3, -0.25) is 0 Å². The number of aliphatic hydroxyl groups is 1. The van der Waals surface area contributed by atoms with Gasteiger partial charge in [-0.05, 0) is 50.2 Å². The summed E-state index contributed by atoms with van der Waals surface area (Å²) in [5, 5.41) is 12.9. The molecule has 0 bridgehead atoms. The summed E-state index contributed by atoms with van der Waals surface area (Å²) in [5.41, 5.74) is 2.17. The highest BCUT2D eigenvalue weighted by molar-refractivity contribution is 5.74. The van der Waals surface area contributed by atoms with Crippen LogP contribution in [0.25, 0.3) is 0 Å². The van der Waals surface area contributed by atoms with Gasteiger partial charge in [0.05, 0.1) is 12.7 Å². The van der Waals surface area contributed by atoms with Crippen molar-refractivity contribution < 1.29 is 14.6 Å². The van der Waals surface area contributed by atoms with Crippen LogP contribution in [0.5, 0.6) is 5.75 Å². The Morgan fingerprint density at radius 2 is 2.12 bits per heavy atom. The van der Waals surface area contributed by atoms with Gasteiger partial charge in [0.2, 0.25) is 0 Å². The van der Waals surface area contributed by atoms with Gasteiger partial charge in [0.1, 0.15) is 5.75 Å². The van der Waals surface area contributed by atoms with Crippen LogP contribution in [0.3, 0.4) is 0 Å². The van der Waals surface area contributed by atoms with Crippen molar-refractivity contribution in [3.05, 3.63) is 29.3 Å². The first-order chi connectivity index (χ1) is 12.0. The second-order valence-corrected chi connectivity index (χ2v) is 7.66. The highest BCUT2D eigenvalue weighted by Crippen LogP contribution is 2.31. The Bertz CT molecular complexity index is 601. The topological polar surface area (TPSA) is 61.8 Å². The fraction of sp³-hybridized carbons (Fsp3) is 0.650. The van der Waals surface area contributed by atoms with E-state index >= 15 is 0 Å². The van der Waals surface area contributed by atoms with Gasteiger partial charge in [-0.2, -0.15) is 0 Å². The molecule has 2 amide bonds. The molecule has 0 aromatic heterocycles. The Balaban J connectivity index is 1.52. The van der Waals surface area contributed by atoms with Crippen LogP contribution in [0, 0.1) is 18.8 Å². The first-order valence-electron chi connectivity index (χ1n) is 9.42. The average molecular weight is 346 g/mol. The molecule has 0 heterocycles. The summed E-state index contributed by atoms with van der Waals surface area (Å²) >= 11 is 0. The van der Waals surface area contributed by atoms with Gasteiger partial charge in [0, 0.05) is 31.6 Å². The van der Waals surface area contributed by atoms with E-state index in [0.29, 0.717) is 19.0 Å². The van der Waals surface area contributed by atoms with E-state index in [-0.39, 0.29) is 18.1 Å². The number of hydrogen-bond donors (Lipinski definition) is 2. The minimum Gasteiger partial charge on any atom is -0.493 e. The molecule has 5 nitrogen and oxygen atoms in total. The number of aliphatic hydroxyl groups excluding tert-OH is 1. The van der Waals surface area contributed by atoms with Gasteiger partial charge in [-0.25, -0.2) is 4.79 Å². The molecular weight excluding hydrogens is 316 g/mol. The van der Waals surface area contributed by atoms with Crippen LogP contribution in [0.2, 0.25) is 0 Å². The third kappa shape index (κ3) is 5.11. The lowest BCUT2D eigenvalue weighted by atomic mass is 10.1. The van der Waals surface area contributed by atoms with Crippen molar-refractivity contribution >= 4 is 6.03 Å². The molecule has 2 N–H and O–H groups in total. The molecule has 1 aromatic rings. The second kappa shape index (κ2) is 8.09. The van der Waals surface area contributed by atoms with Crippen LogP contribution in [0.4, 0.5) is 4.79 Å². The summed E-state index contributed by atoms with van der Waals surface area (Å²) in [4.78, 5) is 14.0. The molecule has 2 saturated carbocycles. The molecule has 2 unspecified atom stereocenters. The molecule has 2 fully saturated rings. The minimum absolute atomic E-state index is 0.104. The van der Waals surface area contributed by atoms with Gasteiger partial charge >= 0.3 is 6.03 Å². The molecular formula is C20H30N2O3. The van der Waals surface area contributed by atoms with Crippen LogP contribution in [-0.2, 0) is 6.54 Å². The summed E-state index contributed by atoms with van der Waals surface area (Å²) in [6, 6.07) is 6.01. The zero-order valence-electron chi connectivity index (χ0n) is 15.3. The number of ether oxygens (including phenoxy) is 1. The van der Waals surface area contributed by atoms with Crippen LogP contribution in [0.1, 0.15) is 43.2 Å². The highest BCUT2D eigenvalue weighted by atomic mass is 16.5. The van der Waals surface area contributed by atoms with Gasteiger partial charge in [-0.15, -0.1) is 0 Å². The predicted molar refractivity (Wildman–Crippen MR) is 97.6 cm³/mol. The van der Waals surface area contributed by atoms with Crippen molar-refractivity contribution in [2.45, 2.75) is 51.7 Å². The zero-order valence-corrected chi connectivity index (χ0v) is 15.3. The standard InChI is InChI=1S/C20H30N2O3/c1-14-6-9-16(19(10-14)25-13-15-7-8-15)11-21-20(24)22(2)12-17-4-3-5-18(17)23/h6,9-10,15,17-18,23H,3-5,7-8,11-13H2,1-2H3,(H,21,24). The molecule has 0 aliphatic heterocycles. The number of carbonyl (C=O) groups is 1. The van der Waals surface area contributed by atoms with Gasteiger partial charge < -0.3 is 20.1 Å². The fourth-order valence-electron chi connectivity index (χ4n) is 3.41. The minimum atomic E-state index is -0.269. The Kier molecular flexibility index (Phi) is 5.84. The number of nitrogens with one attached hydrogen (secondary N) is 1. The number of amides is 2.